The van der Waals surface area contributed by atoms with E-state index in [1.54, 1.807) is 14.3 Å². The van der Waals surface area contributed by atoms with Crippen molar-refractivity contribution in [3.63, 3.8) is 0 Å². The summed E-state index contributed by atoms with van der Waals surface area (Å²) in [6.07, 6.45) is 1.53. The average molecular weight is 374 g/mol. The molecule has 9 nitrogen and oxygen atoms in total. The number of ether oxygens (including phenoxy) is 1. The number of nitrogens with zero attached hydrogens (tertiary/aromatic N) is 5. The summed E-state index contributed by atoms with van der Waals surface area (Å²) in [6.45, 7) is 10.9. The lowest BCUT2D eigenvalue weighted by molar-refractivity contribution is 0.0295. The second-order valence-electron chi connectivity index (χ2n) is 6.44. The Hall–Kier alpha value is -2.68. The molecule has 0 atom stereocenters. The fourth-order valence-corrected chi connectivity index (χ4v) is 3.38. The van der Waals surface area contributed by atoms with E-state index < -0.39 is 0 Å². The minimum absolute atomic E-state index is 0.148. The van der Waals surface area contributed by atoms with E-state index in [1.165, 1.54) is 6.20 Å². The van der Waals surface area contributed by atoms with Crippen LogP contribution in [0, 0.1) is 13.8 Å². The van der Waals surface area contributed by atoms with E-state index >= 15 is 0 Å². The highest BCUT2D eigenvalue weighted by molar-refractivity contribution is 6.09. The second kappa shape index (κ2) is 7.91. The van der Waals surface area contributed by atoms with E-state index in [2.05, 4.69) is 15.5 Å². The zero-order chi connectivity index (χ0) is 19.6. The summed E-state index contributed by atoms with van der Waals surface area (Å²) in [5, 5.41) is 11.5. The Labute approximate surface area is 158 Å². The molecular weight excluding hydrogens is 348 g/mol. The van der Waals surface area contributed by atoms with Gasteiger partial charge in [-0.2, -0.15) is 10.2 Å². The molecule has 0 bridgehead atoms. The number of carbonyl (C=O) groups is 2. The van der Waals surface area contributed by atoms with E-state index in [0.717, 1.165) is 5.69 Å². The van der Waals surface area contributed by atoms with Gasteiger partial charge in [-0.1, -0.05) is 0 Å². The van der Waals surface area contributed by atoms with Gasteiger partial charge in [0, 0.05) is 31.9 Å². The molecule has 2 aromatic heterocycles. The van der Waals surface area contributed by atoms with E-state index in [0.29, 0.717) is 62.0 Å². The molecule has 1 fully saturated rings. The molecule has 0 radical (unpaired) electrons. The fourth-order valence-electron chi connectivity index (χ4n) is 3.38. The molecule has 0 aromatic carbocycles. The predicted octanol–water partition coefficient (Wildman–Crippen LogP) is 1.46. The van der Waals surface area contributed by atoms with Crippen molar-refractivity contribution < 1.29 is 14.3 Å². The molecule has 0 aliphatic carbocycles. The molecule has 3 heterocycles. The molecule has 0 spiro atoms. The third-order valence-electron chi connectivity index (χ3n) is 4.80. The van der Waals surface area contributed by atoms with Crippen LogP contribution in [0.5, 0.6) is 0 Å². The summed E-state index contributed by atoms with van der Waals surface area (Å²) in [5.41, 5.74) is 2.81. The molecule has 1 N–H and O–H groups in total. The first-order valence-corrected chi connectivity index (χ1v) is 9.26. The maximum absolute atomic E-state index is 13.0. The first-order valence-electron chi connectivity index (χ1n) is 9.26. The van der Waals surface area contributed by atoms with Gasteiger partial charge in [0.05, 0.1) is 36.4 Å². The zero-order valence-corrected chi connectivity index (χ0v) is 16.3. The minimum Gasteiger partial charge on any atom is -0.378 e. The first kappa shape index (κ1) is 19.1. The SMILES string of the molecule is CCn1nc(C)c(C(=O)Nc2cnn(CC)c2C(=O)N2CCOCC2)c1C. The molecule has 0 saturated carbocycles. The van der Waals surface area contributed by atoms with Crippen molar-refractivity contribution in [2.24, 2.45) is 0 Å². The van der Waals surface area contributed by atoms with Gasteiger partial charge < -0.3 is 15.0 Å². The highest BCUT2D eigenvalue weighted by atomic mass is 16.5. The second-order valence-corrected chi connectivity index (χ2v) is 6.44. The van der Waals surface area contributed by atoms with Crippen molar-refractivity contribution in [3.05, 3.63) is 28.8 Å². The molecule has 146 valence electrons. The summed E-state index contributed by atoms with van der Waals surface area (Å²) in [4.78, 5) is 27.6. The minimum atomic E-state index is -0.281. The van der Waals surface area contributed by atoms with Crippen LogP contribution in [0.2, 0.25) is 0 Å². The van der Waals surface area contributed by atoms with Gasteiger partial charge in [0.2, 0.25) is 0 Å². The predicted molar refractivity (Wildman–Crippen MR) is 100.0 cm³/mol. The third kappa shape index (κ3) is 3.59. The van der Waals surface area contributed by atoms with Crippen LogP contribution in [0.25, 0.3) is 0 Å². The number of carbonyl (C=O) groups excluding carboxylic acids is 2. The summed E-state index contributed by atoms with van der Waals surface area (Å²) >= 11 is 0. The number of amides is 2. The van der Waals surface area contributed by atoms with Gasteiger partial charge in [-0.3, -0.25) is 19.0 Å². The van der Waals surface area contributed by atoms with E-state index in [4.69, 9.17) is 4.74 Å². The highest BCUT2D eigenvalue weighted by Crippen LogP contribution is 2.21. The summed E-state index contributed by atoms with van der Waals surface area (Å²) < 4.78 is 8.73. The van der Waals surface area contributed by atoms with Crippen LogP contribution in [0.3, 0.4) is 0 Å². The Morgan fingerprint density at radius 2 is 1.81 bits per heavy atom. The normalized spacial score (nSPS) is 14.4. The molecule has 1 aliphatic rings. The Morgan fingerprint density at radius 1 is 1.15 bits per heavy atom. The lowest BCUT2D eigenvalue weighted by atomic mass is 10.1. The Morgan fingerprint density at radius 3 is 2.41 bits per heavy atom. The van der Waals surface area contributed by atoms with Crippen molar-refractivity contribution >= 4 is 17.5 Å². The number of aromatic nitrogens is 4. The molecule has 1 saturated heterocycles. The van der Waals surface area contributed by atoms with Crippen LogP contribution in [-0.2, 0) is 17.8 Å². The number of aryl methyl sites for hydroxylation is 3. The Bertz CT molecular complexity index is 848. The average Bonchev–Trinajstić information content (AvgIpc) is 3.21. The van der Waals surface area contributed by atoms with Gasteiger partial charge in [0.1, 0.15) is 5.69 Å². The van der Waals surface area contributed by atoms with Crippen molar-refractivity contribution in [1.82, 2.24) is 24.5 Å². The van der Waals surface area contributed by atoms with Crippen LogP contribution in [0.4, 0.5) is 5.69 Å². The quantitative estimate of drug-likeness (QED) is 0.855. The van der Waals surface area contributed by atoms with Crippen LogP contribution >= 0.6 is 0 Å². The smallest absolute Gasteiger partial charge is 0.274 e. The van der Waals surface area contributed by atoms with Crippen molar-refractivity contribution in [3.8, 4) is 0 Å². The standard InChI is InChI=1S/C18H26N6O3/c1-5-23-13(4)15(12(3)21-23)17(25)20-14-11-19-24(6-2)16(14)18(26)22-7-9-27-10-8-22/h11H,5-10H2,1-4H3,(H,20,25). The van der Waals surface area contributed by atoms with Gasteiger partial charge in [-0.25, -0.2) is 0 Å². The van der Waals surface area contributed by atoms with E-state index in [-0.39, 0.29) is 11.8 Å². The molecule has 27 heavy (non-hydrogen) atoms. The lowest BCUT2D eigenvalue weighted by Crippen LogP contribution is -2.41. The number of nitrogens with one attached hydrogen (secondary N) is 1. The number of morpholine rings is 1. The van der Waals surface area contributed by atoms with Gasteiger partial charge >= 0.3 is 0 Å². The maximum Gasteiger partial charge on any atom is 0.274 e. The first-order chi connectivity index (χ1) is 13.0. The van der Waals surface area contributed by atoms with Crippen LogP contribution in [0.1, 0.15) is 46.1 Å². The maximum atomic E-state index is 13.0. The van der Waals surface area contributed by atoms with Crippen molar-refractivity contribution in [2.75, 3.05) is 31.6 Å². The molecule has 1 aliphatic heterocycles. The van der Waals surface area contributed by atoms with Gasteiger partial charge in [0.15, 0.2) is 0 Å². The number of anilines is 1. The van der Waals surface area contributed by atoms with E-state index in [9.17, 15) is 9.59 Å². The monoisotopic (exact) mass is 374 g/mol. The lowest BCUT2D eigenvalue weighted by Gasteiger charge is -2.27. The Kier molecular flexibility index (Phi) is 5.59. The third-order valence-corrected chi connectivity index (χ3v) is 4.80. The number of hydrogen-bond donors (Lipinski definition) is 1. The fraction of sp³-hybridized carbons (Fsp3) is 0.556. The number of hydrogen-bond acceptors (Lipinski definition) is 5. The van der Waals surface area contributed by atoms with Crippen molar-refractivity contribution in [2.45, 2.75) is 40.8 Å². The van der Waals surface area contributed by atoms with Gasteiger partial charge in [0.25, 0.3) is 11.8 Å². The van der Waals surface area contributed by atoms with Crippen LogP contribution in [-0.4, -0.2) is 62.6 Å². The molecule has 9 heteroatoms. The molecule has 2 aromatic rings. The topological polar surface area (TPSA) is 94.3 Å². The van der Waals surface area contributed by atoms with Gasteiger partial charge in [-0.15, -0.1) is 0 Å². The highest BCUT2D eigenvalue weighted by Gasteiger charge is 2.27. The Balaban J connectivity index is 1.89. The van der Waals surface area contributed by atoms with Gasteiger partial charge in [-0.05, 0) is 27.7 Å². The molecule has 3 rings (SSSR count). The van der Waals surface area contributed by atoms with Crippen LogP contribution < -0.4 is 5.32 Å². The molecule has 2 amide bonds. The zero-order valence-electron chi connectivity index (χ0n) is 16.3. The molecule has 0 unspecified atom stereocenters. The van der Waals surface area contributed by atoms with Crippen LogP contribution in [0.15, 0.2) is 6.20 Å². The summed E-state index contributed by atoms with van der Waals surface area (Å²) in [6, 6.07) is 0. The van der Waals surface area contributed by atoms with Crippen molar-refractivity contribution in [1.29, 1.82) is 0 Å². The number of rotatable bonds is 5. The summed E-state index contributed by atoms with van der Waals surface area (Å²) in [7, 11) is 0. The molecular formula is C18H26N6O3. The van der Waals surface area contributed by atoms with E-state index in [1.807, 2.05) is 27.7 Å². The summed E-state index contributed by atoms with van der Waals surface area (Å²) in [5.74, 6) is -0.429. The largest absolute Gasteiger partial charge is 0.378 e.